The van der Waals surface area contributed by atoms with Gasteiger partial charge in [0, 0.05) is 78.2 Å². The molecule has 2 aliphatic rings. The van der Waals surface area contributed by atoms with E-state index >= 15 is 0 Å². The fourth-order valence-corrected chi connectivity index (χ4v) is 5.67. The summed E-state index contributed by atoms with van der Waals surface area (Å²) in [7, 11) is 0. The topological polar surface area (TPSA) is 66.6 Å². The highest BCUT2D eigenvalue weighted by atomic mass is 16.5. The summed E-state index contributed by atoms with van der Waals surface area (Å²) in [5, 5.41) is 1.76. The molecule has 0 bridgehead atoms. The first-order valence-electron chi connectivity index (χ1n) is 13.8. The zero-order valence-electron chi connectivity index (χ0n) is 22.1. The maximum absolute atomic E-state index is 13.4. The number of hydrogen-bond donors (Lipinski definition) is 0. The summed E-state index contributed by atoms with van der Waals surface area (Å²) in [4.78, 5) is 34.6. The smallest absolute Gasteiger partial charge is 0.261 e. The molecule has 2 aromatic heterocycles. The van der Waals surface area contributed by atoms with Crippen molar-refractivity contribution < 1.29 is 18.9 Å². The van der Waals surface area contributed by atoms with E-state index in [0.717, 1.165) is 67.3 Å². The van der Waals surface area contributed by atoms with Gasteiger partial charge in [0.05, 0.1) is 13.2 Å². The van der Waals surface area contributed by atoms with Crippen LogP contribution >= 0.6 is 0 Å². The van der Waals surface area contributed by atoms with Crippen LogP contribution in [0, 0.1) is 0 Å². The quantitative estimate of drug-likeness (QED) is 0.178. The molecule has 0 saturated carbocycles. The Morgan fingerprint density at radius 3 is 2.23 bits per heavy atom. The standard InChI is InChI=1S/C32H33N4O3/c37-31-27-7-5-6-26-29(35-20-22-39-23-21-35)9-8-28(30(26)27)32(38)36(31)17-4-2-1-3-16-34-18-12-25(13-19-34)24-10-14-33-15-11-24/h5-15,18-19H,1-4,16-17,20-23H2/q+1. The number of carbonyl (C=O) groups is 2. The first-order chi connectivity index (χ1) is 19.2. The molecular formula is C32H33N4O3+. The molecule has 7 heteroatoms. The van der Waals surface area contributed by atoms with Crippen LogP contribution in [-0.4, -0.2) is 54.5 Å². The molecule has 2 amide bonds. The van der Waals surface area contributed by atoms with E-state index in [1.165, 1.54) is 10.5 Å². The summed E-state index contributed by atoms with van der Waals surface area (Å²) in [6.45, 7) is 4.38. The molecule has 0 radical (unpaired) electrons. The van der Waals surface area contributed by atoms with Crippen LogP contribution in [0.15, 0.2) is 79.4 Å². The van der Waals surface area contributed by atoms with Crippen molar-refractivity contribution >= 4 is 28.3 Å². The number of rotatable bonds is 9. The van der Waals surface area contributed by atoms with E-state index in [-0.39, 0.29) is 11.8 Å². The van der Waals surface area contributed by atoms with Gasteiger partial charge in [0.1, 0.15) is 6.54 Å². The number of nitrogens with zero attached hydrogens (tertiary/aromatic N) is 4. The maximum atomic E-state index is 13.4. The van der Waals surface area contributed by atoms with Crippen molar-refractivity contribution in [3.8, 4) is 11.1 Å². The van der Waals surface area contributed by atoms with Crippen LogP contribution in [0.3, 0.4) is 0 Å². The van der Waals surface area contributed by atoms with E-state index in [1.54, 1.807) is 0 Å². The van der Waals surface area contributed by atoms with E-state index in [4.69, 9.17) is 4.74 Å². The minimum Gasteiger partial charge on any atom is -0.378 e. The molecule has 6 rings (SSSR count). The highest BCUT2D eigenvalue weighted by molar-refractivity contribution is 6.26. The lowest BCUT2D eigenvalue weighted by Gasteiger charge is -2.32. The van der Waals surface area contributed by atoms with Crippen LogP contribution in [0.25, 0.3) is 21.9 Å². The van der Waals surface area contributed by atoms with E-state index < -0.39 is 0 Å². The number of pyridine rings is 2. The Labute approximate surface area is 228 Å². The predicted octanol–water partition coefficient (Wildman–Crippen LogP) is 4.88. The Morgan fingerprint density at radius 2 is 1.46 bits per heavy atom. The highest BCUT2D eigenvalue weighted by Crippen LogP contribution is 2.36. The number of carbonyl (C=O) groups excluding carboxylic acids is 2. The largest absolute Gasteiger partial charge is 0.378 e. The summed E-state index contributed by atoms with van der Waals surface area (Å²) in [6.07, 6.45) is 11.7. The Balaban J connectivity index is 1.04. The fraction of sp³-hybridized carbons (Fsp3) is 0.312. The molecule has 198 valence electrons. The van der Waals surface area contributed by atoms with Crippen molar-refractivity contribution in [2.24, 2.45) is 0 Å². The molecule has 0 spiro atoms. The number of anilines is 1. The first kappa shape index (κ1) is 25.2. The zero-order valence-corrected chi connectivity index (χ0v) is 22.1. The van der Waals surface area contributed by atoms with Crippen molar-refractivity contribution in [3.05, 3.63) is 90.5 Å². The molecular weight excluding hydrogens is 488 g/mol. The van der Waals surface area contributed by atoms with Crippen molar-refractivity contribution in [2.45, 2.75) is 32.2 Å². The van der Waals surface area contributed by atoms with Crippen molar-refractivity contribution in [1.29, 1.82) is 0 Å². The van der Waals surface area contributed by atoms with E-state index in [9.17, 15) is 9.59 Å². The summed E-state index contributed by atoms with van der Waals surface area (Å²) < 4.78 is 7.71. The summed E-state index contributed by atoms with van der Waals surface area (Å²) in [5.74, 6) is -0.357. The number of aromatic nitrogens is 2. The normalized spacial score (nSPS) is 15.3. The van der Waals surface area contributed by atoms with E-state index in [0.29, 0.717) is 30.9 Å². The third-order valence-corrected chi connectivity index (χ3v) is 7.77. The molecule has 7 nitrogen and oxygen atoms in total. The molecule has 1 saturated heterocycles. The number of aryl methyl sites for hydroxylation is 1. The number of hydrogen-bond acceptors (Lipinski definition) is 5. The molecule has 2 aromatic carbocycles. The maximum Gasteiger partial charge on any atom is 0.261 e. The lowest BCUT2D eigenvalue weighted by atomic mass is 9.92. The van der Waals surface area contributed by atoms with Gasteiger partial charge in [-0.15, -0.1) is 0 Å². The Kier molecular flexibility index (Phi) is 7.32. The first-order valence-corrected chi connectivity index (χ1v) is 13.8. The van der Waals surface area contributed by atoms with Gasteiger partial charge in [-0.3, -0.25) is 19.5 Å². The zero-order chi connectivity index (χ0) is 26.6. The van der Waals surface area contributed by atoms with Crippen LogP contribution in [0.4, 0.5) is 5.69 Å². The lowest BCUT2D eigenvalue weighted by Crippen LogP contribution is -2.41. The van der Waals surface area contributed by atoms with Crippen molar-refractivity contribution in [2.75, 3.05) is 37.7 Å². The summed E-state index contributed by atoms with van der Waals surface area (Å²) in [6, 6.07) is 18.0. The molecule has 0 unspecified atom stereocenters. The highest BCUT2D eigenvalue weighted by Gasteiger charge is 2.33. The van der Waals surface area contributed by atoms with E-state index in [2.05, 4.69) is 39.0 Å². The second kappa shape index (κ2) is 11.3. The number of benzene rings is 2. The van der Waals surface area contributed by atoms with Gasteiger partial charge in [0.2, 0.25) is 0 Å². The minimum absolute atomic E-state index is 0.179. The van der Waals surface area contributed by atoms with Gasteiger partial charge in [0.25, 0.3) is 11.8 Å². The number of ether oxygens (including phenoxy) is 1. The van der Waals surface area contributed by atoms with E-state index in [1.807, 2.05) is 54.9 Å². The summed E-state index contributed by atoms with van der Waals surface area (Å²) >= 11 is 0. The van der Waals surface area contributed by atoms with Crippen molar-refractivity contribution in [1.82, 2.24) is 9.88 Å². The van der Waals surface area contributed by atoms with Crippen LogP contribution in [0.1, 0.15) is 46.4 Å². The molecule has 39 heavy (non-hydrogen) atoms. The molecule has 0 N–H and O–H groups in total. The average Bonchev–Trinajstić information content (AvgIpc) is 3.00. The molecule has 0 atom stereocenters. The Hall–Kier alpha value is -4.10. The number of unbranched alkanes of at least 4 members (excludes halogenated alkanes) is 3. The fourth-order valence-electron chi connectivity index (χ4n) is 5.67. The van der Waals surface area contributed by atoms with Gasteiger partial charge < -0.3 is 9.64 Å². The summed E-state index contributed by atoms with van der Waals surface area (Å²) in [5.41, 5.74) is 4.67. The van der Waals surface area contributed by atoms with Gasteiger partial charge in [-0.25, -0.2) is 4.57 Å². The minimum atomic E-state index is -0.179. The monoisotopic (exact) mass is 521 g/mol. The second-order valence-corrected chi connectivity index (χ2v) is 10.2. The molecule has 1 fully saturated rings. The Morgan fingerprint density at radius 1 is 0.769 bits per heavy atom. The number of imide groups is 1. The van der Waals surface area contributed by atoms with Crippen LogP contribution < -0.4 is 9.47 Å². The van der Waals surface area contributed by atoms with Gasteiger partial charge in [-0.05, 0) is 54.3 Å². The van der Waals surface area contributed by atoms with Crippen LogP contribution in [0.5, 0.6) is 0 Å². The molecule has 4 aromatic rings. The van der Waals surface area contributed by atoms with Crippen LogP contribution in [-0.2, 0) is 11.3 Å². The van der Waals surface area contributed by atoms with Gasteiger partial charge in [-0.1, -0.05) is 18.6 Å². The van der Waals surface area contributed by atoms with Gasteiger partial charge >= 0.3 is 0 Å². The van der Waals surface area contributed by atoms with Crippen LogP contribution in [0.2, 0.25) is 0 Å². The predicted molar refractivity (Wildman–Crippen MR) is 151 cm³/mol. The number of morpholine rings is 1. The Bertz CT molecular complexity index is 1460. The molecule has 0 aliphatic carbocycles. The van der Waals surface area contributed by atoms with Gasteiger partial charge in [-0.2, -0.15) is 0 Å². The third-order valence-electron chi connectivity index (χ3n) is 7.77. The average molecular weight is 522 g/mol. The third kappa shape index (κ3) is 5.14. The number of amides is 2. The molecule has 4 heterocycles. The van der Waals surface area contributed by atoms with Gasteiger partial charge in [0.15, 0.2) is 12.4 Å². The van der Waals surface area contributed by atoms with Crippen molar-refractivity contribution in [3.63, 3.8) is 0 Å². The second-order valence-electron chi connectivity index (χ2n) is 10.2. The molecule has 2 aliphatic heterocycles. The SMILES string of the molecule is O=C1c2cccc3c(N4CCOCC4)ccc(c23)C(=O)N1CCCCCC[n+]1ccc(-c2ccncc2)cc1. The lowest BCUT2D eigenvalue weighted by molar-refractivity contribution is -0.697.